The smallest absolute Gasteiger partial charge is 0.246 e. The van der Waals surface area contributed by atoms with E-state index in [2.05, 4.69) is 10.2 Å². The van der Waals surface area contributed by atoms with Crippen molar-refractivity contribution in [1.82, 2.24) is 4.90 Å². The molecule has 1 heterocycles. The van der Waals surface area contributed by atoms with E-state index in [0.29, 0.717) is 15.7 Å². The van der Waals surface area contributed by atoms with Gasteiger partial charge in [0.1, 0.15) is 0 Å². The molecule has 2 amide bonds. The molecule has 0 spiro atoms. The number of hydrogen-bond acceptors (Lipinski definition) is 4. The van der Waals surface area contributed by atoms with E-state index in [1.54, 1.807) is 31.3 Å². The zero-order chi connectivity index (χ0) is 21.5. The summed E-state index contributed by atoms with van der Waals surface area (Å²) in [6.45, 7) is 3.09. The largest absolute Gasteiger partial charge is 0.378 e. The lowest BCUT2D eigenvalue weighted by Crippen LogP contribution is -2.36. The summed E-state index contributed by atoms with van der Waals surface area (Å²) in [5, 5.41) is 3.68. The Labute approximate surface area is 186 Å². The van der Waals surface area contributed by atoms with Gasteiger partial charge in [-0.15, -0.1) is 0 Å². The van der Waals surface area contributed by atoms with Gasteiger partial charge in [-0.1, -0.05) is 29.3 Å². The maximum absolute atomic E-state index is 12.3. The number of hydrogen-bond donors (Lipinski definition) is 1. The van der Waals surface area contributed by atoms with Crippen molar-refractivity contribution in [3.8, 4) is 0 Å². The maximum atomic E-state index is 12.3. The molecule has 6 nitrogen and oxygen atoms in total. The van der Waals surface area contributed by atoms with Crippen LogP contribution in [-0.2, 0) is 14.3 Å². The van der Waals surface area contributed by atoms with Crippen molar-refractivity contribution in [1.29, 1.82) is 0 Å². The van der Waals surface area contributed by atoms with Gasteiger partial charge in [0, 0.05) is 37.6 Å². The minimum atomic E-state index is -0.293. The summed E-state index contributed by atoms with van der Waals surface area (Å²) in [4.78, 5) is 28.1. The van der Waals surface area contributed by atoms with Crippen LogP contribution in [0.15, 0.2) is 48.5 Å². The molecule has 8 heteroatoms. The zero-order valence-electron chi connectivity index (χ0n) is 16.6. The van der Waals surface area contributed by atoms with Crippen molar-refractivity contribution in [3.05, 3.63) is 64.1 Å². The maximum Gasteiger partial charge on any atom is 0.246 e. The summed E-state index contributed by atoms with van der Waals surface area (Å²) in [5.74, 6) is -0.563. The van der Waals surface area contributed by atoms with Gasteiger partial charge in [-0.2, -0.15) is 0 Å². The molecule has 1 fully saturated rings. The normalized spacial score (nSPS) is 14.0. The Bertz CT molecular complexity index is 926. The first kappa shape index (κ1) is 22.2. The van der Waals surface area contributed by atoms with Crippen molar-refractivity contribution in [3.63, 3.8) is 0 Å². The van der Waals surface area contributed by atoms with E-state index in [4.69, 9.17) is 27.9 Å². The minimum Gasteiger partial charge on any atom is -0.378 e. The summed E-state index contributed by atoms with van der Waals surface area (Å²) in [6.07, 6.45) is 3.02. The molecule has 30 heavy (non-hydrogen) atoms. The first-order valence-electron chi connectivity index (χ1n) is 9.53. The van der Waals surface area contributed by atoms with Gasteiger partial charge in [0.2, 0.25) is 11.8 Å². The van der Waals surface area contributed by atoms with Crippen molar-refractivity contribution >= 4 is 52.5 Å². The van der Waals surface area contributed by atoms with Crippen LogP contribution in [0.2, 0.25) is 10.0 Å². The van der Waals surface area contributed by atoms with Gasteiger partial charge in [0.25, 0.3) is 0 Å². The van der Waals surface area contributed by atoms with Crippen LogP contribution in [0, 0.1) is 0 Å². The van der Waals surface area contributed by atoms with Crippen LogP contribution in [0.25, 0.3) is 6.08 Å². The Morgan fingerprint density at radius 1 is 1.10 bits per heavy atom. The number of morpholine rings is 1. The summed E-state index contributed by atoms with van der Waals surface area (Å²) in [6, 6.07) is 12.7. The number of halogens is 2. The second-order valence-corrected chi connectivity index (χ2v) is 7.71. The van der Waals surface area contributed by atoms with Gasteiger partial charge in [-0.25, -0.2) is 0 Å². The van der Waals surface area contributed by atoms with E-state index in [-0.39, 0.29) is 18.4 Å². The monoisotopic (exact) mass is 447 g/mol. The van der Waals surface area contributed by atoms with E-state index in [1.807, 2.05) is 24.3 Å². The predicted molar refractivity (Wildman–Crippen MR) is 121 cm³/mol. The molecule has 2 aromatic rings. The van der Waals surface area contributed by atoms with Crippen LogP contribution < -0.4 is 10.2 Å². The quantitative estimate of drug-likeness (QED) is 0.681. The molecule has 1 saturated heterocycles. The fourth-order valence-electron chi connectivity index (χ4n) is 2.98. The minimum absolute atomic E-state index is 0.0598. The first-order chi connectivity index (χ1) is 14.4. The molecule has 2 aromatic carbocycles. The molecule has 0 atom stereocenters. The van der Waals surface area contributed by atoms with Gasteiger partial charge in [0.15, 0.2) is 0 Å². The van der Waals surface area contributed by atoms with Crippen LogP contribution in [0.3, 0.4) is 0 Å². The lowest BCUT2D eigenvalue weighted by Gasteiger charge is -2.28. The third-order valence-corrected chi connectivity index (χ3v) is 5.39. The fourth-order valence-corrected chi connectivity index (χ4v) is 3.29. The Kier molecular flexibility index (Phi) is 7.74. The lowest BCUT2D eigenvalue weighted by molar-refractivity contribution is -0.129. The molecule has 3 rings (SSSR count). The van der Waals surface area contributed by atoms with E-state index in [0.717, 1.165) is 37.6 Å². The summed E-state index contributed by atoms with van der Waals surface area (Å²) >= 11 is 11.9. The van der Waals surface area contributed by atoms with Crippen molar-refractivity contribution < 1.29 is 14.3 Å². The number of carbonyl (C=O) groups is 2. The van der Waals surface area contributed by atoms with Crippen LogP contribution in [0.4, 0.5) is 11.4 Å². The summed E-state index contributed by atoms with van der Waals surface area (Å²) in [5.41, 5.74) is 2.52. The second-order valence-electron chi connectivity index (χ2n) is 6.90. The number of benzene rings is 2. The van der Waals surface area contributed by atoms with Crippen molar-refractivity contribution in [2.24, 2.45) is 0 Å². The molecular formula is C22H23Cl2N3O3. The Morgan fingerprint density at radius 3 is 2.47 bits per heavy atom. The Hall–Kier alpha value is -2.54. The number of ether oxygens (including phenoxy) is 1. The number of likely N-dealkylation sites (N-methyl/N-ethyl adjacent to an activating group) is 1. The highest BCUT2D eigenvalue weighted by molar-refractivity contribution is 6.42. The summed E-state index contributed by atoms with van der Waals surface area (Å²) in [7, 11) is 1.57. The molecule has 0 saturated carbocycles. The van der Waals surface area contributed by atoms with E-state index >= 15 is 0 Å². The van der Waals surface area contributed by atoms with Crippen LogP contribution in [0.1, 0.15) is 5.56 Å². The highest BCUT2D eigenvalue weighted by Gasteiger charge is 2.13. The zero-order valence-corrected chi connectivity index (χ0v) is 18.1. The molecule has 0 unspecified atom stereocenters. The molecule has 0 radical (unpaired) electrons. The molecule has 0 bridgehead atoms. The second kappa shape index (κ2) is 10.5. The van der Waals surface area contributed by atoms with Crippen molar-refractivity contribution in [2.75, 3.05) is 50.1 Å². The number of amides is 2. The topological polar surface area (TPSA) is 61.9 Å². The van der Waals surface area contributed by atoms with E-state index < -0.39 is 0 Å². The molecule has 0 aliphatic carbocycles. The molecule has 1 aliphatic rings. The highest BCUT2D eigenvalue weighted by Crippen LogP contribution is 2.23. The molecule has 1 aliphatic heterocycles. The third-order valence-electron chi connectivity index (χ3n) is 4.65. The number of carbonyl (C=O) groups excluding carboxylic acids is 2. The van der Waals surface area contributed by atoms with Crippen LogP contribution in [0.5, 0.6) is 0 Å². The number of nitrogens with one attached hydrogen (secondary N) is 1. The Balaban J connectivity index is 1.50. The lowest BCUT2D eigenvalue weighted by atomic mass is 10.2. The molecule has 0 aromatic heterocycles. The molecule has 158 valence electrons. The van der Waals surface area contributed by atoms with Gasteiger partial charge >= 0.3 is 0 Å². The standard InChI is InChI=1S/C22H23Cl2N3O3/c1-26(22(29)9-3-16-2-8-19(23)20(24)14-16)15-21(28)25-17-4-6-18(7-5-17)27-10-12-30-13-11-27/h2-9,14H,10-13,15H2,1H3,(H,25,28)/b9-3+. The fraction of sp³-hybridized carbons (Fsp3) is 0.273. The molecule has 1 N–H and O–H groups in total. The SMILES string of the molecule is CN(CC(=O)Nc1ccc(N2CCOCC2)cc1)C(=O)/C=C/c1ccc(Cl)c(Cl)c1. The number of anilines is 2. The van der Waals surface area contributed by atoms with Crippen molar-refractivity contribution in [2.45, 2.75) is 0 Å². The average Bonchev–Trinajstić information content (AvgIpc) is 2.75. The van der Waals surface area contributed by atoms with Crippen LogP contribution in [-0.4, -0.2) is 56.6 Å². The third kappa shape index (κ3) is 6.23. The summed E-state index contributed by atoms with van der Waals surface area (Å²) < 4.78 is 5.36. The number of rotatable bonds is 6. The first-order valence-corrected chi connectivity index (χ1v) is 10.3. The average molecular weight is 448 g/mol. The highest BCUT2D eigenvalue weighted by atomic mass is 35.5. The van der Waals surface area contributed by atoms with Crippen LogP contribution >= 0.6 is 23.2 Å². The molecular weight excluding hydrogens is 425 g/mol. The van der Waals surface area contributed by atoms with E-state index in [1.165, 1.54) is 11.0 Å². The van der Waals surface area contributed by atoms with Gasteiger partial charge < -0.3 is 19.9 Å². The van der Waals surface area contributed by atoms with Gasteiger partial charge in [-0.05, 0) is 48.0 Å². The van der Waals surface area contributed by atoms with E-state index in [9.17, 15) is 9.59 Å². The number of nitrogens with zero attached hydrogens (tertiary/aromatic N) is 2. The predicted octanol–water partition coefficient (Wildman–Crippen LogP) is 3.94. The Morgan fingerprint density at radius 2 is 1.80 bits per heavy atom. The van der Waals surface area contributed by atoms with Gasteiger partial charge in [-0.3, -0.25) is 9.59 Å². The van der Waals surface area contributed by atoms with Gasteiger partial charge in [0.05, 0.1) is 29.8 Å².